The van der Waals surface area contributed by atoms with Gasteiger partial charge in [-0.15, -0.1) is 0 Å². The van der Waals surface area contributed by atoms with E-state index in [9.17, 15) is 14.9 Å². The minimum Gasteiger partial charge on any atom is -0.496 e. The van der Waals surface area contributed by atoms with Gasteiger partial charge in [0.1, 0.15) is 24.0 Å². The predicted octanol–water partition coefficient (Wildman–Crippen LogP) is 2.75. The third-order valence-electron chi connectivity index (χ3n) is 4.71. The van der Waals surface area contributed by atoms with Crippen LogP contribution in [0.4, 0.5) is 5.69 Å². The number of hydrogen-bond acceptors (Lipinski definition) is 7. The summed E-state index contributed by atoms with van der Waals surface area (Å²) in [6.45, 7) is 1.99. The van der Waals surface area contributed by atoms with Gasteiger partial charge in [-0.3, -0.25) is 19.6 Å². The number of benzene rings is 2. The summed E-state index contributed by atoms with van der Waals surface area (Å²) in [5.41, 5.74) is 1.76. The van der Waals surface area contributed by atoms with Gasteiger partial charge in [-0.25, -0.2) is 4.98 Å². The van der Waals surface area contributed by atoms with Gasteiger partial charge in [0.25, 0.3) is 5.56 Å². The number of nitro groups is 1. The largest absolute Gasteiger partial charge is 0.496 e. The predicted molar refractivity (Wildman–Crippen MR) is 115 cm³/mol. The highest BCUT2D eigenvalue weighted by Gasteiger charge is 2.12. The molecule has 0 bridgehead atoms. The summed E-state index contributed by atoms with van der Waals surface area (Å²) in [7, 11) is 1.54. The molecular formula is C21H18N6O4. The van der Waals surface area contributed by atoms with E-state index in [-0.39, 0.29) is 17.8 Å². The third-order valence-corrected chi connectivity index (χ3v) is 4.71. The second kappa shape index (κ2) is 8.19. The molecule has 4 rings (SSSR count). The Morgan fingerprint density at radius 3 is 2.81 bits per heavy atom. The van der Waals surface area contributed by atoms with Gasteiger partial charge in [0.15, 0.2) is 0 Å². The molecule has 0 radical (unpaired) electrons. The van der Waals surface area contributed by atoms with Crippen LogP contribution in [0.15, 0.2) is 64.8 Å². The van der Waals surface area contributed by atoms with Crippen molar-refractivity contribution < 1.29 is 9.66 Å². The highest BCUT2D eigenvalue weighted by Crippen LogP contribution is 2.21. The van der Waals surface area contributed by atoms with Crippen LogP contribution in [-0.4, -0.2) is 37.7 Å². The Hall–Kier alpha value is -4.34. The van der Waals surface area contributed by atoms with Crippen LogP contribution >= 0.6 is 0 Å². The minimum absolute atomic E-state index is 0.0876. The van der Waals surface area contributed by atoms with Crippen LogP contribution in [0.5, 0.6) is 5.75 Å². The van der Waals surface area contributed by atoms with Gasteiger partial charge in [-0.05, 0) is 42.8 Å². The van der Waals surface area contributed by atoms with Gasteiger partial charge < -0.3 is 4.74 Å². The van der Waals surface area contributed by atoms with Crippen LogP contribution in [0.2, 0.25) is 0 Å². The fourth-order valence-electron chi connectivity index (χ4n) is 3.21. The molecule has 0 fully saturated rings. The fraction of sp³-hybridized carbons (Fsp3) is 0.143. The molecular weight excluding hydrogens is 400 g/mol. The zero-order valence-corrected chi connectivity index (χ0v) is 16.8. The Balaban J connectivity index is 1.67. The number of ether oxygens (including phenoxy) is 1. The van der Waals surface area contributed by atoms with Gasteiger partial charge in [-0.2, -0.15) is 14.9 Å². The van der Waals surface area contributed by atoms with Crippen molar-refractivity contribution in [3.8, 4) is 5.75 Å². The molecule has 0 atom stereocenters. The zero-order chi connectivity index (χ0) is 22.0. The van der Waals surface area contributed by atoms with Crippen molar-refractivity contribution in [1.29, 1.82) is 0 Å². The number of aromatic nitrogens is 4. The van der Waals surface area contributed by atoms with Crippen molar-refractivity contribution in [1.82, 2.24) is 19.4 Å². The molecule has 2 aromatic heterocycles. The fourth-order valence-corrected chi connectivity index (χ4v) is 3.21. The van der Waals surface area contributed by atoms with Gasteiger partial charge in [-0.1, -0.05) is 12.1 Å². The van der Waals surface area contributed by atoms with Crippen LogP contribution in [0, 0.1) is 17.0 Å². The van der Waals surface area contributed by atoms with Crippen LogP contribution in [0.1, 0.15) is 17.0 Å². The van der Waals surface area contributed by atoms with Crippen LogP contribution < -0.4 is 10.3 Å². The van der Waals surface area contributed by atoms with Gasteiger partial charge in [0.2, 0.25) is 0 Å². The number of aryl methyl sites for hydroxylation is 1. The quantitative estimate of drug-likeness (QED) is 0.270. The van der Waals surface area contributed by atoms with E-state index in [4.69, 9.17) is 4.74 Å². The molecule has 2 heterocycles. The van der Waals surface area contributed by atoms with E-state index in [1.807, 2.05) is 12.1 Å². The molecule has 0 saturated heterocycles. The van der Waals surface area contributed by atoms with Crippen LogP contribution in [-0.2, 0) is 6.54 Å². The van der Waals surface area contributed by atoms with Crippen LogP contribution in [0.3, 0.4) is 0 Å². The Morgan fingerprint density at radius 1 is 1.26 bits per heavy atom. The van der Waals surface area contributed by atoms with E-state index in [2.05, 4.69) is 15.2 Å². The maximum absolute atomic E-state index is 12.8. The molecule has 2 aromatic carbocycles. The van der Waals surface area contributed by atoms with Crippen molar-refractivity contribution >= 4 is 22.8 Å². The molecule has 10 heteroatoms. The first kappa shape index (κ1) is 20.0. The second-order valence-electron chi connectivity index (χ2n) is 6.76. The molecule has 0 spiro atoms. The summed E-state index contributed by atoms with van der Waals surface area (Å²) in [6.07, 6.45) is 4.10. The number of nitrogens with zero attached hydrogens (tertiary/aromatic N) is 6. The topological polar surface area (TPSA) is 117 Å². The van der Waals surface area contributed by atoms with E-state index < -0.39 is 4.92 Å². The summed E-state index contributed by atoms with van der Waals surface area (Å²) in [5.74, 6) is 1.08. The first-order valence-electron chi connectivity index (χ1n) is 9.33. The lowest BCUT2D eigenvalue weighted by Gasteiger charge is -2.10. The SMILES string of the molecule is COc1ccc(C=Nn2c(C)nc3ccccc3c2=O)cc1Cn1cc([N+](=O)[O-])cn1. The molecule has 0 aliphatic rings. The monoisotopic (exact) mass is 418 g/mol. The first-order valence-corrected chi connectivity index (χ1v) is 9.33. The Kier molecular flexibility index (Phi) is 5.27. The molecule has 0 amide bonds. The van der Waals surface area contributed by atoms with E-state index >= 15 is 0 Å². The summed E-state index contributed by atoms with van der Waals surface area (Å²) in [5, 5.41) is 19.7. The summed E-state index contributed by atoms with van der Waals surface area (Å²) in [4.78, 5) is 27.6. The molecule has 31 heavy (non-hydrogen) atoms. The van der Waals surface area contributed by atoms with E-state index in [1.165, 1.54) is 21.8 Å². The molecule has 10 nitrogen and oxygen atoms in total. The molecule has 0 saturated carbocycles. The van der Waals surface area contributed by atoms with Gasteiger partial charge >= 0.3 is 5.69 Å². The molecule has 156 valence electrons. The summed E-state index contributed by atoms with van der Waals surface area (Å²) < 4.78 is 8.10. The van der Waals surface area contributed by atoms with Gasteiger partial charge in [0.05, 0.1) is 35.7 Å². The lowest BCUT2D eigenvalue weighted by Crippen LogP contribution is -2.20. The van der Waals surface area contributed by atoms with E-state index in [0.29, 0.717) is 22.5 Å². The van der Waals surface area contributed by atoms with Crippen LogP contribution in [0.25, 0.3) is 10.9 Å². The number of rotatable bonds is 6. The standard InChI is InChI=1S/C21H18N6O4/c1-14-24-19-6-4-3-5-18(19)21(28)26(14)23-10-15-7-8-20(31-2)16(9-15)12-25-13-17(11-22-25)27(29)30/h3-11,13H,12H2,1-2H3. The van der Waals surface area contributed by atoms with Gasteiger partial charge in [0, 0.05) is 5.56 Å². The van der Waals surface area contributed by atoms with Crippen molar-refractivity contribution in [2.45, 2.75) is 13.5 Å². The number of hydrogen-bond donors (Lipinski definition) is 0. The lowest BCUT2D eigenvalue weighted by atomic mass is 10.1. The average molecular weight is 418 g/mol. The minimum atomic E-state index is -0.499. The summed E-state index contributed by atoms with van der Waals surface area (Å²) in [6, 6.07) is 12.5. The molecule has 0 aliphatic carbocycles. The smallest absolute Gasteiger partial charge is 0.307 e. The molecule has 0 N–H and O–H groups in total. The first-order chi connectivity index (χ1) is 15.0. The highest BCUT2D eigenvalue weighted by atomic mass is 16.6. The van der Waals surface area contributed by atoms with Crippen molar-refractivity contribution in [3.05, 3.63) is 92.3 Å². The molecule has 4 aromatic rings. The number of fused-ring (bicyclic) bond motifs is 1. The maximum atomic E-state index is 12.8. The summed E-state index contributed by atoms with van der Waals surface area (Å²) >= 11 is 0. The number of para-hydroxylation sites is 1. The average Bonchev–Trinajstić information content (AvgIpc) is 3.23. The lowest BCUT2D eigenvalue weighted by molar-refractivity contribution is -0.385. The molecule has 0 unspecified atom stereocenters. The third kappa shape index (κ3) is 4.04. The van der Waals surface area contributed by atoms with E-state index in [0.717, 1.165) is 11.1 Å². The maximum Gasteiger partial charge on any atom is 0.307 e. The normalized spacial score (nSPS) is 11.3. The Morgan fingerprint density at radius 2 is 2.06 bits per heavy atom. The van der Waals surface area contributed by atoms with E-state index in [1.54, 1.807) is 50.6 Å². The van der Waals surface area contributed by atoms with Crippen molar-refractivity contribution in [2.24, 2.45) is 5.10 Å². The van der Waals surface area contributed by atoms with Crippen molar-refractivity contribution in [3.63, 3.8) is 0 Å². The molecule has 0 aliphatic heterocycles. The second-order valence-corrected chi connectivity index (χ2v) is 6.76. The highest BCUT2D eigenvalue weighted by molar-refractivity contribution is 5.81. The Bertz CT molecular complexity index is 1370. The zero-order valence-electron chi connectivity index (χ0n) is 16.8. The van der Waals surface area contributed by atoms with Crippen molar-refractivity contribution in [2.75, 3.05) is 7.11 Å². The number of methoxy groups -OCH3 is 1. The Labute approximate surface area is 176 Å².